The van der Waals surface area contributed by atoms with E-state index in [2.05, 4.69) is 44.3 Å². The number of rotatable bonds is 4. The highest BCUT2D eigenvalue weighted by molar-refractivity contribution is 5.82. The van der Waals surface area contributed by atoms with Gasteiger partial charge in [-0.3, -0.25) is 0 Å². The van der Waals surface area contributed by atoms with Gasteiger partial charge in [0.15, 0.2) is 17.4 Å². The lowest BCUT2D eigenvalue weighted by atomic mass is 9.60. The number of ether oxygens (including phenoxy) is 2. The molecular formula is C26H32F3N7O2. The fourth-order valence-electron chi connectivity index (χ4n) is 6.15. The van der Waals surface area contributed by atoms with Crippen molar-refractivity contribution in [3.8, 4) is 22.9 Å². The quantitative estimate of drug-likeness (QED) is 0.509. The molecule has 6 rings (SSSR count). The number of nitrogens with one attached hydrogen (secondary N) is 2. The zero-order valence-corrected chi connectivity index (χ0v) is 21.7. The Morgan fingerprint density at radius 3 is 2.66 bits per heavy atom. The third-order valence-corrected chi connectivity index (χ3v) is 7.83. The van der Waals surface area contributed by atoms with Crippen LogP contribution in [0, 0.1) is 10.8 Å². The van der Waals surface area contributed by atoms with E-state index in [1.165, 1.54) is 31.0 Å². The lowest BCUT2D eigenvalue weighted by molar-refractivity contribution is -0.274. The number of benzene rings is 1. The second kappa shape index (κ2) is 8.89. The SMILES string of the molecule is CN1CC(C)(C)COc2c1c(NC1CC3(CCNCC3)C1)nn1c(-c3cccc(OC(F)(F)F)c3)nnc21. The van der Waals surface area contributed by atoms with Crippen molar-refractivity contribution in [1.29, 1.82) is 0 Å². The van der Waals surface area contributed by atoms with Crippen LogP contribution in [0.1, 0.15) is 39.5 Å². The van der Waals surface area contributed by atoms with Crippen molar-refractivity contribution in [2.24, 2.45) is 10.8 Å². The largest absolute Gasteiger partial charge is 0.573 e. The Balaban J connectivity index is 1.41. The normalized spacial score (nSPS) is 20.9. The first-order valence-electron chi connectivity index (χ1n) is 13.0. The third-order valence-electron chi connectivity index (χ3n) is 7.83. The Kier molecular flexibility index (Phi) is 5.85. The standard InChI is InChI=1S/C26H32F3N7O2/c1-24(2)14-35(3)19-20(37-15-24)23-33-32-22(16-5-4-6-18(11-16)38-26(27,28)29)36(23)34-21(19)31-17-12-25(13-17)7-9-30-10-8-25/h4-6,11,17,30H,7-10,12-15H2,1-3H3,(H,31,34). The molecule has 0 atom stereocenters. The van der Waals surface area contributed by atoms with Gasteiger partial charge < -0.3 is 25.0 Å². The fraction of sp³-hybridized carbons (Fsp3) is 0.577. The predicted octanol–water partition coefficient (Wildman–Crippen LogP) is 4.49. The van der Waals surface area contributed by atoms with Crippen LogP contribution < -0.4 is 25.0 Å². The molecule has 204 valence electrons. The molecule has 1 aromatic carbocycles. The summed E-state index contributed by atoms with van der Waals surface area (Å²) < 4.78 is 50.5. The van der Waals surface area contributed by atoms with E-state index in [1.807, 2.05) is 7.05 Å². The van der Waals surface area contributed by atoms with E-state index >= 15 is 0 Å². The minimum absolute atomic E-state index is 0.121. The summed E-state index contributed by atoms with van der Waals surface area (Å²) in [5.41, 5.74) is 1.90. The summed E-state index contributed by atoms with van der Waals surface area (Å²) in [5, 5.41) is 20.7. The lowest BCUT2D eigenvalue weighted by Gasteiger charge is -2.50. The predicted molar refractivity (Wildman–Crippen MR) is 137 cm³/mol. The van der Waals surface area contributed by atoms with Gasteiger partial charge in [0.25, 0.3) is 0 Å². The topological polar surface area (TPSA) is 88.8 Å². The van der Waals surface area contributed by atoms with Crippen LogP contribution in [0.3, 0.4) is 0 Å². The van der Waals surface area contributed by atoms with Crippen molar-refractivity contribution in [1.82, 2.24) is 25.1 Å². The van der Waals surface area contributed by atoms with Gasteiger partial charge in [-0.05, 0) is 56.3 Å². The number of hydrogen-bond donors (Lipinski definition) is 2. The van der Waals surface area contributed by atoms with Crippen molar-refractivity contribution in [2.75, 3.05) is 43.5 Å². The maximum atomic E-state index is 12.8. The molecule has 38 heavy (non-hydrogen) atoms. The van der Waals surface area contributed by atoms with Gasteiger partial charge in [-0.2, -0.15) is 4.52 Å². The number of aromatic nitrogens is 4. The zero-order valence-electron chi connectivity index (χ0n) is 21.7. The molecule has 2 aromatic heterocycles. The molecule has 3 aliphatic rings. The first kappa shape index (κ1) is 25.0. The highest BCUT2D eigenvalue weighted by Crippen LogP contribution is 2.50. The molecule has 4 heterocycles. The van der Waals surface area contributed by atoms with E-state index in [4.69, 9.17) is 9.84 Å². The summed E-state index contributed by atoms with van der Waals surface area (Å²) in [5.74, 6) is 1.19. The molecular weight excluding hydrogens is 499 g/mol. The fourth-order valence-corrected chi connectivity index (χ4v) is 6.15. The number of hydrogen-bond acceptors (Lipinski definition) is 8. The second-order valence-corrected chi connectivity index (χ2v) is 11.7. The summed E-state index contributed by atoms with van der Waals surface area (Å²) in [6.07, 6.45) is -0.286. The Morgan fingerprint density at radius 1 is 1.16 bits per heavy atom. The minimum atomic E-state index is -4.79. The van der Waals surface area contributed by atoms with Gasteiger partial charge in [-0.1, -0.05) is 26.0 Å². The van der Waals surface area contributed by atoms with Crippen LogP contribution in [0.4, 0.5) is 24.7 Å². The lowest BCUT2D eigenvalue weighted by Crippen LogP contribution is -2.50. The molecule has 0 bridgehead atoms. The molecule has 0 radical (unpaired) electrons. The van der Waals surface area contributed by atoms with Crippen LogP contribution in [0.15, 0.2) is 24.3 Å². The van der Waals surface area contributed by atoms with Gasteiger partial charge in [0, 0.05) is 30.6 Å². The molecule has 2 N–H and O–H groups in total. The average molecular weight is 532 g/mol. The van der Waals surface area contributed by atoms with Crippen molar-refractivity contribution >= 4 is 17.2 Å². The Bertz CT molecular complexity index is 1340. The van der Waals surface area contributed by atoms with Crippen molar-refractivity contribution in [2.45, 2.75) is 51.9 Å². The van der Waals surface area contributed by atoms with Gasteiger partial charge in [-0.15, -0.1) is 28.5 Å². The number of halogens is 3. The van der Waals surface area contributed by atoms with Crippen LogP contribution in [0.25, 0.3) is 17.0 Å². The summed E-state index contributed by atoms with van der Waals surface area (Å²) >= 11 is 0. The average Bonchev–Trinajstić information content (AvgIpc) is 3.19. The van der Waals surface area contributed by atoms with E-state index in [9.17, 15) is 13.2 Å². The summed E-state index contributed by atoms with van der Waals surface area (Å²) in [4.78, 5) is 2.14. The maximum Gasteiger partial charge on any atom is 0.573 e. The van der Waals surface area contributed by atoms with Crippen LogP contribution in [-0.2, 0) is 0 Å². The Morgan fingerprint density at radius 2 is 1.92 bits per heavy atom. The third kappa shape index (κ3) is 4.70. The minimum Gasteiger partial charge on any atom is -0.487 e. The highest BCUT2D eigenvalue weighted by Gasteiger charge is 2.45. The molecule has 3 aromatic rings. The highest BCUT2D eigenvalue weighted by atomic mass is 19.4. The smallest absolute Gasteiger partial charge is 0.487 e. The number of alkyl halides is 3. The van der Waals surface area contributed by atoms with Crippen LogP contribution in [0.2, 0.25) is 0 Å². The summed E-state index contributed by atoms with van der Waals surface area (Å²) in [6, 6.07) is 5.95. The van der Waals surface area contributed by atoms with Gasteiger partial charge in [0.05, 0.1) is 6.61 Å². The summed E-state index contributed by atoms with van der Waals surface area (Å²) in [6.45, 7) is 7.62. The molecule has 9 nitrogen and oxygen atoms in total. The van der Waals surface area contributed by atoms with Crippen LogP contribution >= 0.6 is 0 Å². The van der Waals surface area contributed by atoms with Gasteiger partial charge >= 0.3 is 6.36 Å². The molecule has 1 saturated heterocycles. The summed E-state index contributed by atoms with van der Waals surface area (Å²) in [7, 11) is 2.02. The molecule has 0 amide bonds. The Hall–Kier alpha value is -3.28. The number of piperidine rings is 1. The van der Waals surface area contributed by atoms with Crippen molar-refractivity contribution in [3.63, 3.8) is 0 Å². The zero-order chi connectivity index (χ0) is 26.7. The second-order valence-electron chi connectivity index (χ2n) is 11.7. The molecule has 0 unspecified atom stereocenters. The molecule has 2 fully saturated rings. The molecule has 1 aliphatic carbocycles. The first-order chi connectivity index (χ1) is 18.0. The molecule has 1 saturated carbocycles. The van der Waals surface area contributed by atoms with Gasteiger partial charge in [0.2, 0.25) is 5.65 Å². The van der Waals surface area contributed by atoms with Gasteiger partial charge in [0.1, 0.15) is 11.4 Å². The molecule has 1 spiro atoms. The van der Waals surface area contributed by atoms with Gasteiger partial charge in [-0.25, -0.2) is 0 Å². The van der Waals surface area contributed by atoms with Crippen LogP contribution in [-0.4, -0.2) is 65.5 Å². The number of anilines is 2. The van der Waals surface area contributed by atoms with E-state index < -0.39 is 6.36 Å². The van der Waals surface area contributed by atoms with E-state index in [1.54, 1.807) is 10.6 Å². The first-order valence-corrected chi connectivity index (χ1v) is 13.0. The maximum absolute atomic E-state index is 12.8. The Labute approximate surface area is 218 Å². The van der Waals surface area contributed by atoms with E-state index in [-0.39, 0.29) is 17.2 Å². The van der Waals surface area contributed by atoms with Crippen LogP contribution in [0.5, 0.6) is 11.5 Å². The molecule has 2 aliphatic heterocycles. The van der Waals surface area contributed by atoms with E-state index in [0.717, 1.165) is 38.2 Å². The molecule has 12 heteroatoms. The number of nitrogens with zero attached hydrogens (tertiary/aromatic N) is 5. The number of fused-ring (bicyclic) bond motifs is 3. The van der Waals surface area contributed by atoms with Crippen molar-refractivity contribution < 1.29 is 22.6 Å². The monoisotopic (exact) mass is 531 g/mol. The van der Waals surface area contributed by atoms with E-state index in [0.29, 0.717) is 40.6 Å². The van der Waals surface area contributed by atoms with Crippen molar-refractivity contribution in [3.05, 3.63) is 24.3 Å².